The maximum atomic E-state index is 13.0. The third-order valence-corrected chi connectivity index (χ3v) is 17.1. The van der Waals surface area contributed by atoms with E-state index in [1.54, 1.807) is 0 Å². The fraction of sp³-hybridized carbons (Fsp3) is 0.939. The lowest BCUT2D eigenvalue weighted by atomic mass is 10.0. The maximum Gasteiger partial charge on any atom is 0.472 e. The van der Waals surface area contributed by atoms with Gasteiger partial charge in [0.25, 0.3) is 0 Å². The summed E-state index contributed by atoms with van der Waals surface area (Å²) in [5.74, 6) is -0.707. The molecule has 2 unspecified atom stereocenters. The van der Waals surface area contributed by atoms with Crippen molar-refractivity contribution >= 4 is 39.5 Å². The van der Waals surface area contributed by atoms with Crippen LogP contribution >= 0.6 is 15.6 Å². The number of aliphatic hydroxyl groups is 1. The van der Waals surface area contributed by atoms with Gasteiger partial charge in [0.15, 0.2) is 12.2 Å². The largest absolute Gasteiger partial charge is 0.472 e. The molecule has 0 fully saturated rings. The van der Waals surface area contributed by atoms with Gasteiger partial charge in [-0.05, 0) is 37.5 Å². The lowest BCUT2D eigenvalue weighted by Gasteiger charge is -2.21. The minimum atomic E-state index is -4.95. The third-order valence-electron chi connectivity index (χ3n) is 15.2. The first-order valence-electron chi connectivity index (χ1n) is 34.5. The van der Waals surface area contributed by atoms with Crippen LogP contribution in [0.5, 0.6) is 0 Å². The van der Waals surface area contributed by atoms with Crippen molar-refractivity contribution in [2.24, 2.45) is 11.8 Å². The molecule has 0 amide bonds. The second-order valence-corrected chi connectivity index (χ2v) is 27.7. The molecule has 0 spiro atoms. The first-order valence-corrected chi connectivity index (χ1v) is 37.5. The number of hydrogen-bond acceptors (Lipinski definition) is 15. The first-order chi connectivity index (χ1) is 40.9. The minimum absolute atomic E-state index is 0.102. The quantitative estimate of drug-likeness (QED) is 0.0222. The van der Waals surface area contributed by atoms with Crippen LogP contribution in [0.4, 0.5) is 0 Å². The number of rotatable bonds is 65. The molecule has 0 heterocycles. The molecule has 0 radical (unpaired) electrons. The van der Waals surface area contributed by atoms with Crippen molar-refractivity contribution in [2.75, 3.05) is 39.6 Å². The van der Waals surface area contributed by atoms with E-state index in [0.717, 1.165) is 102 Å². The summed E-state index contributed by atoms with van der Waals surface area (Å²) in [7, 11) is -9.89. The Kier molecular flexibility index (Phi) is 57.1. The molecule has 504 valence electrons. The molecular formula is C66H128O17P2. The summed E-state index contributed by atoms with van der Waals surface area (Å²) in [6.45, 7) is 9.39. The Morgan fingerprint density at radius 3 is 0.800 bits per heavy atom. The monoisotopic (exact) mass is 1250 g/mol. The Labute approximate surface area is 517 Å². The lowest BCUT2D eigenvalue weighted by Crippen LogP contribution is -2.30. The summed E-state index contributed by atoms with van der Waals surface area (Å²) in [6, 6.07) is 0. The van der Waals surface area contributed by atoms with Gasteiger partial charge >= 0.3 is 39.5 Å². The van der Waals surface area contributed by atoms with E-state index in [1.165, 1.54) is 141 Å². The predicted molar refractivity (Wildman–Crippen MR) is 340 cm³/mol. The van der Waals surface area contributed by atoms with Gasteiger partial charge in [0.1, 0.15) is 19.3 Å². The number of unbranched alkanes of at least 4 members (excludes halogenated alkanes) is 35. The molecule has 0 aliphatic heterocycles. The van der Waals surface area contributed by atoms with Crippen molar-refractivity contribution in [3.63, 3.8) is 0 Å². The fourth-order valence-electron chi connectivity index (χ4n) is 9.88. The maximum absolute atomic E-state index is 13.0. The van der Waals surface area contributed by atoms with Crippen molar-refractivity contribution in [2.45, 2.75) is 349 Å². The number of esters is 4. The summed E-state index contributed by atoms with van der Waals surface area (Å²) in [5.41, 5.74) is 0. The third kappa shape index (κ3) is 60.7. The molecule has 17 nitrogen and oxygen atoms in total. The van der Waals surface area contributed by atoms with Crippen molar-refractivity contribution < 1.29 is 80.2 Å². The Hall–Kier alpha value is -1.94. The zero-order valence-corrected chi connectivity index (χ0v) is 56.7. The molecule has 0 aromatic rings. The van der Waals surface area contributed by atoms with Crippen LogP contribution < -0.4 is 0 Å². The lowest BCUT2D eigenvalue weighted by molar-refractivity contribution is -0.161. The van der Waals surface area contributed by atoms with Gasteiger partial charge in [-0.25, -0.2) is 9.13 Å². The van der Waals surface area contributed by atoms with Crippen LogP contribution in [-0.4, -0.2) is 96.7 Å². The van der Waals surface area contributed by atoms with Gasteiger partial charge in [-0.15, -0.1) is 0 Å². The van der Waals surface area contributed by atoms with Crippen LogP contribution in [0.25, 0.3) is 0 Å². The van der Waals surface area contributed by atoms with Crippen LogP contribution in [-0.2, 0) is 65.4 Å². The number of phosphoric acid groups is 2. The first kappa shape index (κ1) is 83.1. The molecule has 5 atom stereocenters. The molecule has 3 N–H and O–H groups in total. The fourth-order valence-corrected chi connectivity index (χ4v) is 11.5. The topological polar surface area (TPSA) is 237 Å². The summed E-state index contributed by atoms with van der Waals surface area (Å²) in [5, 5.41) is 10.5. The van der Waals surface area contributed by atoms with Gasteiger partial charge < -0.3 is 33.8 Å². The molecule has 0 aliphatic carbocycles. The number of ether oxygens (including phenoxy) is 4. The highest BCUT2D eigenvalue weighted by Crippen LogP contribution is 2.45. The molecule has 0 bridgehead atoms. The van der Waals surface area contributed by atoms with E-state index in [9.17, 15) is 43.2 Å². The molecule has 0 aromatic heterocycles. The SMILES string of the molecule is CCCCCCCCCCCCCCCCCC(=O)O[C@H](COC(=O)CCCCCCCCCCCCC(C)C)COP(=O)(O)OC[C@@H](O)COP(=O)(O)OC[C@@H](COC(=O)CCCCCCCCCC)OC(=O)CCCCCCCCC(C)C. The van der Waals surface area contributed by atoms with Gasteiger partial charge in [0.2, 0.25) is 0 Å². The second kappa shape index (κ2) is 58.4. The molecular weight excluding hydrogens is 1130 g/mol. The Bertz CT molecular complexity index is 1670. The number of carbonyl (C=O) groups excluding carboxylic acids is 4. The van der Waals surface area contributed by atoms with Gasteiger partial charge in [-0.2, -0.15) is 0 Å². The summed E-state index contributed by atoms with van der Waals surface area (Å²) in [6.07, 6.45) is 41.9. The standard InChI is InChI=1S/C66H128O17P2/c1-7-9-11-13-15-17-18-19-20-21-22-27-31-38-44-50-65(70)82-61(54-77-64(69)49-43-37-30-26-24-23-25-28-34-40-46-58(3)4)56-80-84(72,73)78-52-60(67)53-79-85(74,75)81-57-62(55-76-63(68)48-42-36-29-16-14-12-10-8-2)83-66(71)51-45-39-33-32-35-41-47-59(5)6/h58-62,67H,7-57H2,1-6H3,(H,72,73)(H,74,75)/t60-,61-,62-/m1/s1. The summed E-state index contributed by atoms with van der Waals surface area (Å²) >= 11 is 0. The highest BCUT2D eigenvalue weighted by molar-refractivity contribution is 7.47. The molecule has 0 saturated carbocycles. The second-order valence-electron chi connectivity index (χ2n) is 24.8. The predicted octanol–water partition coefficient (Wildman–Crippen LogP) is 18.4. The van der Waals surface area contributed by atoms with Gasteiger partial charge in [-0.3, -0.25) is 37.3 Å². The zero-order valence-electron chi connectivity index (χ0n) is 54.9. The van der Waals surface area contributed by atoms with Crippen LogP contribution in [0.1, 0.15) is 330 Å². The zero-order chi connectivity index (χ0) is 62.9. The van der Waals surface area contributed by atoms with Crippen LogP contribution in [0, 0.1) is 11.8 Å². The molecule has 19 heteroatoms. The van der Waals surface area contributed by atoms with Crippen molar-refractivity contribution in [3.05, 3.63) is 0 Å². The number of aliphatic hydroxyl groups excluding tert-OH is 1. The van der Waals surface area contributed by atoms with E-state index in [2.05, 4.69) is 41.5 Å². The van der Waals surface area contributed by atoms with Crippen molar-refractivity contribution in [3.8, 4) is 0 Å². The van der Waals surface area contributed by atoms with E-state index in [0.29, 0.717) is 31.6 Å². The highest BCUT2D eigenvalue weighted by Gasteiger charge is 2.30. The number of carbonyl (C=O) groups is 4. The number of hydrogen-bond donors (Lipinski definition) is 3. The van der Waals surface area contributed by atoms with Gasteiger partial charge in [-0.1, -0.05) is 279 Å². The van der Waals surface area contributed by atoms with E-state index in [4.69, 9.17) is 37.0 Å². The Morgan fingerprint density at radius 1 is 0.318 bits per heavy atom. The average molecular weight is 1260 g/mol. The molecule has 0 aromatic carbocycles. The van der Waals surface area contributed by atoms with E-state index < -0.39 is 97.5 Å². The Balaban J connectivity index is 5.22. The molecule has 0 rings (SSSR count). The summed E-state index contributed by atoms with van der Waals surface area (Å²) < 4.78 is 68.0. The average Bonchev–Trinajstić information content (AvgIpc) is 3.58. The van der Waals surface area contributed by atoms with Gasteiger partial charge in [0, 0.05) is 25.7 Å². The molecule has 0 aliphatic rings. The van der Waals surface area contributed by atoms with Gasteiger partial charge in [0.05, 0.1) is 26.4 Å². The van der Waals surface area contributed by atoms with E-state index in [1.807, 2.05) is 0 Å². The van der Waals surface area contributed by atoms with Crippen LogP contribution in [0.2, 0.25) is 0 Å². The van der Waals surface area contributed by atoms with Crippen LogP contribution in [0.3, 0.4) is 0 Å². The summed E-state index contributed by atoms with van der Waals surface area (Å²) in [4.78, 5) is 72.2. The molecule has 0 saturated heterocycles. The van der Waals surface area contributed by atoms with E-state index in [-0.39, 0.29) is 25.7 Å². The minimum Gasteiger partial charge on any atom is -0.462 e. The van der Waals surface area contributed by atoms with Crippen molar-refractivity contribution in [1.29, 1.82) is 0 Å². The smallest absolute Gasteiger partial charge is 0.462 e. The van der Waals surface area contributed by atoms with Crippen molar-refractivity contribution in [1.82, 2.24) is 0 Å². The van der Waals surface area contributed by atoms with E-state index >= 15 is 0 Å². The normalized spacial score (nSPS) is 14.2. The van der Waals surface area contributed by atoms with Crippen LogP contribution in [0.15, 0.2) is 0 Å². The highest BCUT2D eigenvalue weighted by atomic mass is 31.2. The molecule has 85 heavy (non-hydrogen) atoms. The Morgan fingerprint density at radius 2 is 0.541 bits per heavy atom. The number of phosphoric ester groups is 2.